The highest BCUT2D eigenvalue weighted by Crippen LogP contribution is 2.50. The van der Waals surface area contributed by atoms with Crippen molar-refractivity contribution < 1.29 is 29.3 Å². The van der Waals surface area contributed by atoms with Gasteiger partial charge in [0.1, 0.15) is 0 Å². The van der Waals surface area contributed by atoms with E-state index >= 15 is 0 Å². The monoisotopic (exact) mass is 443 g/mol. The molecular weight excluding hydrogens is 414 g/mol. The molecule has 2 saturated carbocycles. The van der Waals surface area contributed by atoms with Gasteiger partial charge in [0.2, 0.25) is 11.8 Å². The lowest BCUT2D eigenvalue weighted by Crippen LogP contribution is -2.55. The number of rotatable bonds is 4. The van der Waals surface area contributed by atoms with Gasteiger partial charge in [0.25, 0.3) is 0 Å². The van der Waals surface area contributed by atoms with Crippen molar-refractivity contribution in [1.82, 2.24) is 10.3 Å². The maximum absolute atomic E-state index is 13.5. The van der Waals surface area contributed by atoms with Crippen LogP contribution in [0.15, 0.2) is 35.4 Å². The number of fused-ring (bicyclic) bond motifs is 3. The fourth-order valence-electron chi connectivity index (χ4n) is 5.57. The second-order valence-corrected chi connectivity index (χ2v) is 8.72. The molecule has 0 bridgehead atoms. The van der Waals surface area contributed by atoms with Crippen LogP contribution in [0.3, 0.4) is 0 Å². The van der Waals surface area contributed by atoms with Crippen molar-refractivity contribution in [3.63, 3.8) is 0 Å². The third-order valence-electron chi connectivity index (χ3n) is 7.05. The van der Waals surface area contributed by atoms with Gasteiger partial charge in [0, 0.05) is 24.0 Å². The lowest BCUT2D eigenvalue weighted by atomic mass is 9.60. The molecule has 1 aromatic rings. The standard InChI is InChI=1S/C23H29N3O6/c1-3-32-23(31)25-24-16-11-17(27)20(28)18-14(16)9-10-15-19(18)22(30)26(21(15)29)12(2)13-7-5-4-6-8-13/h4-8,12,14-15,17-20,27-28H,3,9-11H2,1-2H3,(H,25,31)/b24-16+/t12-,14-,15+,17+,18-,19+,20+/m0/s1. The molecule has 1 heterocycles. The van der Waals surface area contributed by atoms with Crippen molar-refractivity contribution in [3.8, 4) is 0 Å². The summed E-state index contributed by atoms with van der Waals surface area (Å²) in [6.07, 6.45) is -1.90. The summed E-state index contributed by atoms with van der Waals surface area (Å²) in [6, 6.07) is 8.92. The molecule has 0 spiro atoms. The topological polar surface area (TPSA) is 129 Å². The number of ether oxygens (including phenoxy) is 1. The Morgan fingerprint density at radius 1 is 1.19 bits per heavy atom. The highest BCUT2D eigenvalue weighted by molar-refractivity contribution is 6.06. The van der Waals surface area contributed by atoms with Gasteiger partial charge in [-0.05, 0) is 32.3 Å². The molecule has 9 heteroatoms. The van der Waals surface area contributed by atoms with Gasteiger partial charge in [0.05, 0.1) is 36.7 Å². The van der Waals surface area contributed by atoms with Crippen molar-refractivity contribution in [2.75, 3.05) is 6.61 Å². The zero-order valence-corrected chi connectivity index (χ0v) is 18.2. The molecule has 9 nitrogen and oxygen atoms in total. The van der Waals surface area contributed by atoms with E-state index in [9.17, 15) is 24.6 Å². The fraction of sp³-hybridized carbons (Fsp3) is 0.565. The minimum Gasteiger partial charge on any atom is -0.449 e. The van der Waals surface area contributed by atoms with E-state index in [4.69, 9.17) is 4.74 Å². The maximum Gasteiger partial charge on any atom is 0.427 e. The van der Waals surface area contributed by atoms with Crippen molar-refractivity contribution in [1.29, 1.82) is 0 Å². The van der Waals surface area contributed by atoms with Crippen LogP contribution < -0.4 is 5.43 Å². The van der Waals surface area contributed by atoms with E-state index < -0.39 is 42.1 Å². The smallest absolute Gasteiger partial charge is 0.427 e. The van der Waals surface area contributed by atoms with Crippen LogP contribution >= 0.6 is 0 Å². The molecule has 7 atom stereocenters. The molecule has 3 N–H and O–H groups in total. The number of likely N-dealkylation sites (tertiary alicyclic amines) is 1. The normalized spacial score (nSPS) is 34.1. The van der Waals surface area contributed by atoms with Crippen LogP contribution in [-0.2, 0) is 14.3 Å². The number of aliphatic hydroxyl groups is 2. The number of nitrogens with one attached hydrogen (secondary N) is 1. The molecule has 0 radical (unpaired) electrons. The third kappa shape index (κ3) is 3.80. The second-order valence-electron chi connectivity index (χ2n) is 8.72. The first-order valence-electron chi connectivity index (χ1n) is 11.1. The average molecular weight is 444 g/mol. The van der Waals surface area contributed by atoms with Crippen molar-refractivity contribution in [2.24, 2.45) is 28.8 Å². The summed E-state index contributed by atoms with van der Waals surface area (Å²) in [5.41, 5.74) is 3.69. The molecule has 3 amide bonds. The van der Waals surface area contributed by atoms with Gasteiger partial charge in [-0.15, -0.1) is 0 Å². The van der Waals surface area contributed by atoms with E-state index in [1.807, 2.05) is 37.3 Å². The summed E-state index contributed by atoms with van der Waals surface area (Å²) in [4.78, 5) is 39.7. The first-order chi connectivity index (χ1) is 15.3. The van der Waals surface area contributed by atoms with E-state index in [1.54, 1.807) is 6.92 Å². The van der Waals surface area contributed by atoms with Crippen LogP contribution in [0.5, 0.6) is 0 Å². The molecular formula is C23H29N3O6. The summed E-state index contributed by atoms with van der Waals surface area (Å²) in [5.74, 6) is -2.79. The van der Waals surface area contributed by atoms with E-state index in [1.165, 1.54) is 4.90 Å². The number of carbonyl (C=O) groups is 3. The van der Waals surface area contributed by atoms with E-state index in [2.05, 4.69) is 10.5 Å². The van der Waals surface area contributed by atoms with Crippen molar-refractivity contribution in [2.45, 2.75) is 51.4 Å². The minimum atomic E-state index is -1.15. The predicted octanol–water partition coefficient (Wildman–Crippen LogP) is 1.60. The third-order valence-corrected chi connectivity index (χ3v) is 7.05. The van der Waals surface area contributed by atoms with Gasteiger partial charge in [-0.1, -0.05) is 30.3 Å². The molecule has 1 aliphatic heterocycles. The Morgan fingerprint density at radius 3 is 2.56 bits per heavy atom. The number of hydrogen-bond donors (Lipinski definition) is 3. The fourth-order valence-corrected chi connectivity index (χ4v) is 5.57. The Labute approximate surface area is 186 Å². The first kappa shape index (κ1) is 22.4. The number of imide groups is 1. The summed E-state index contributed by atoms with van der Waals surface area (Å²) < 4.78 is 4.83. The van der Waals surface area contributed by atoms with E-state index in [0.717, 1.165) is 5.56 Å². The summed E-state index contributed by atoms with van der Waals surface area (Å²) in [6.45, 7) is 3.69. The number of aliphatic hydroxyl groups excluding tert-OH is 2. The lowest BCUT2D eigenvalue weighted by Gasteiger charge is -2.45. The molecule has 0 unspecified atom stereocenters. The lowest BCUT2D eigenvalue weighted by molar-refractivity contribution is -0.144. The molecule has 3 aliphatic rings. The van der Waals surface area contributed by atoms with Crippen LogP contribution in [0.1, 0.15) is 44.7 Å². The molecule has 2 aliphatic carbocycles. The zero-order chi connectivity index (χ0) is 23.0. The molecule has 0 aromatic heterocycles. The van der Waals surface area contributed by atoms with Gasteiger partial charge < -0.3 is 14.9 Å². The van der Waals surface area contributed by atoms with Crippen LogP contribution in [0, 0.1) is 23.7 Å². The Bertz CT molecular complexity index is 920. The highest BCUT2D eigenvalue weighted by Gasteiger charge is 2.60. The number of nitrogens with zero attached hydrogens (tertiary/aromatic N) is 2. The first-order valence-corrected chi connectivity index (χ1v) is 11.1. The Balaban J connectivity index is 1.62. The Kier molecular flexibility index (Phi) is 6.30. The largest absolute Gasteiger partial charge is 0.449 e. The van der Waals surface area contributed by atoms with Gasteiger partial charge in [-0.25, -0.2) is 10.2 Å². The van der Waals surface area contributed by atoms with E-state index in [0.29, 0.717) is 18.6 Å². The van der Waals surface area contributed by atoms with Crippen LogP contribution in [0.4, 0.5) is 4.79 Å². The average Bonchev–Trinajstić information content (AvgIpc) is 3.05. The number of hydrazone groups is 1. The van der Waals surface area contributed by atoms with Crippen LogP contribution in [-0.4, -0.2) is 57.5 Å². The molecule has 4 rings (SSSR count). The quantitative estimate of drug-likeness (QED) is 0.479. The SMILES string of the molecule is CCOC(=O)N/N=C1\C[C@@H](O)[C@@H](O)[C@@H]2[C@@H]3C(=O)N([C@@H](C)c4ccccc4)C(=O)[C@@H]3CC[C@@H]12. The number of hydrogen-bond acceptors (Lipinski definition) is 7. The molecule has 172 valence electrons. The van der Waals surface area contributed by atoms with Crippen LogP contribution in [0.25, 0.3) is 0 Å². The number of amides is 3. The van der Waals surface area contributed by atoms with Gasteiger partial charge in [-0.2, -0.15) is 5.10 Å². The molecule has 1 aromatic carbocycles. The minimum absolute atomic E-state index is 0.0817. The molecule has 3 fully saturated rings. The summed E-state index contributed by atoms with van der Waals surface area (Å²) in [7, 11) is 0. The summed E-state index contributed by atoms with van der Waals surface area (Å²) >= 11 is 0. The Hall–Kier alpha value is -2.78. The number of benzene rings is 1. The molecule has 32 heavy (non-hydrogen) atoms. The molecule has 1 saturated heterocycles. The summed E-state index contributed by atoms with van der Waals surface area (Å²) in [5, 5.41) is 25.5. The second kappa shape index (κ2) is 8.99. The van der Waals surface area contributed by atoms with Crippen molar-refractivity contribution >= 4 is 23.6 Å². The number of carbonyl (C=O) groups excluding carboxylic acids is 3. The predicted molar refractivity (Wildman–Crippen MR) is 114 cm³/mol. The van der Waals surface area contributed by atoms with Crippen LogP contribution in [0.2, 0.25) is 0 Å². The zero-order valence-electron chi connectivity index (χ0n) is 18.2. The van der Waals surface area contributed by atoms with Gasteiger partial charge in [-0.3, -0.25) is 14.5 Å². The maximum atomic E-state index is 13.5. The van der Waals surface area contributed by atoms with Crippen molar-refractivity contribution in [3.05, 3.63) is 35.9 Å². The van der Waals surface area contributed by atoms with E-state index in [-0.39, 0.29) is 30.8 Å². The van der Waals surface area contributed by atoms with Gasteiger partial charge in [0.15, 0.2) is 0 Å². The van der Waals surface area contributed by atoms with Gasteiger partial charge >= 0.3 is 6.09 Å². The highest BCUT2D eigenvalue weighted by atomic mass is 16.5. The Morgan fingerprint density at radius 2 is 1.88 bits per heavy atom.